The Morgan fingerprint density at radius 3 is 2.24 bits per heavy atom. The van der Waals surface area contributed by atoms with Gasteiger partial charge in [-0.25, -0.2) is 0 Å². The zero-order chi connectivity index (χ0) is 15.4. The van der Waals surface area contributed by atoms with Gasteiger partial charge in [-0.05, 0) is 35.4 Å². The molecule has 0 atom stereocenters. The lowest BCUT2D eigenvalue weighted by molar-refractivity contribution is -0.384. The second kappa shape index (κ2) is 6.23. The van der Waals surface area contributed by atoms with Crippen molar-refractivity contribution in [2.24, 2.45) is 5.73 Å². The lowest BCUT2D eigenvalue weighted by Crippen LogP contribution is -2.02. The van der Waals surface area contributed by atoms with E-state index in [2.05, 4.69) is 0 Å². The van der Waals surface area contributed by atoms with Crippen molar-refractivity contribution in [3.05, 3.63) is 52.1 Å². The summed E-state index contributed by atoms with van der Waals surface area (Å²) in [5.74, 6) is 1.18. The van der Waals surface area contributed by atoms with E-state index < -0.39 is 4.92 Å². The van der Waals surface area contributed by atoms with E-state index >= 15 is 0 Å². The van der Waals surface area contributed by atoms with Crippen molar-refractivity contribution >= 4 is 5.69 Å². The van der Waals surface area contributed by atoms with Crippen molar-refractivity contribution in [3.8, 4) is 22.6 Å². The molecule has 0 aliphatic carbocycles. The molecule has 0 heterocycles. The molecule has 6 heteroatoms. The molecule has 0 amide bonds. The zero-order valence-electron chi connectivity index (χ0n) is 11.8. The molecule has 0 saturated heterocycles. The molecule has 0 unspecified atom stereocenters. The summed E-state index contributed by atoms with van der Waals surface area (Å²) in [6.07, 6.45) is 0. The molecule has 2 aromatic rings. The average Bonchev–Trinajstić information content (AvgIpc) is 2.53. The monoisotopic (exact) mass is 288 g/mol. The van der Waals surface area contributed by atoms with E-state index in [1.165, 1.54) is 12.1 Å². The van der Waals surface area contributed by atoms with E-state index in [0.717, 1.165) is 16.7 Å². The van der Waals surface area contributed by atoms with Gasteiger partial charge in [-0.15, -0.1) is 0 Å². The highest BCUT2D eigenvalue weighted by Gasteiger charge is 2.13. The standard InChI is InChI=1S/C15H16N2O4/c1-20-14-8-11(7-12(9-16)15(14)21-2)10-3-5-13(6-4-10)17(18)19/h3-8H,9,16H2,1-2H3. The Morgan fingerprint density at radius 1 is 1.10 bits per heavy atom. The van der Waals surface area contributed by atoms with Gasteiger partial charge in [0.05, 0.1) is 19.1 Å². The minimum atomic E-state index is -0.427. The maximum atomic E-state index is 10.7. The minimum absolute atomic E-state index is 0.0540. The predicted octanol–water partition coefficient (Wildman–Crippen LogP) is 2.74. The largest absolute Gasteiger partial charge is 0.493 e. The van der Waals surface area contributed by atoms with Crippen LogP contribution in [0, 0.1) is 10.1 Å². The molecule has 0 spiro atoms. The smallest absolute Gasteiger partial charge is 0.269 e. The maximum absolute atomic E-state index is 10.7. The van der Waals surface area contributed by atoms with Crippen LogP contribution in [0.5, 0.6) is 11.5 Å². The van der Waals surface area contributed by atoms with Crippen LogP contribution in [0.25, 0.3) is 11.1 Å². The van der Waals surface area contributed by atoms with Crippen molar-refractivity contribution in [2.75, 3.05) is 14.2 Å². The molecule has 0 fully saturated rings. The van der Waals surface area contributed by atoms with Gasteiger partial charge in [-0.1, -0.05) is 0 Å². The average molecular weight is 288 g/mol. The molecule has 0 bridgehead atoms. The summed E-state index contributed by atoms with van der Waals surface area (Å²) >= 11 is 0. The van der Waals surface area contributed by atoms with E-state index in [0.29, 0.717) is 18.0 Å². The summed E-state index contributed by atoms with van der Waals surface area (Å²) in [5, 5.41) is 10.7. The van der Waals surface area contributed by atoms with Crippen molar-refractivity contribution in [1.29, 1.82) is 0 Å². The number of nitrogens with zero attached hydrogens (tertiary/aromatic N) is 1. The van der Waals surface area contributed by atoms with Crippen LogP contribution in [-0.4, -0.2) is 19.1 Å². The minimum Gasteiger partial charge on any atom is -0.493 e. The molecule has 0 aliphatic heterocycles. The number of nitro benzene ring substituents is 1. The molecule has 21 heavy (non-hydrogen) atoms. The van der Waals surface area contributed by atoms with E-state index in [1.807, 2.05) is 12.1 Å². The van der Waals surface area contributed by atoms with Crippen LogP contribution in [0.15, 0.2) is 36.4 Å². The Morgan fingerprint density at radius 2 is 1.76 bits per heavy atom. The first-order chi connectivity index (χ1) is 10.1. The van der Waals surface area contributed by atoms with Gasteiger partial charge in [0.1, 0.15) is 0 Å². The van der Waals surface area contributed by atoms with Gasteiger partial charge in [0.15, 0.2) is 11.5 Å². The molecule has 2 rings (SSSR count). The first-order valence-electron chi connectivity index (χ1n) is 6.30. The highest BCUT2D eigenvalue weighted by Crippen LogP contribution is 2.36. The number of nitrogens with two attached hydrogens (primary N) is 1. The highest BCUT2D eigenvalue weighted by atomic mass is 16.6. The van der Waals surface area contributed by atoms with Gasteiger partial charge in [0.25, 0.3) is 5.69 Å². The first kappa shape index (κ1) is 14.8. The van der Waals surface area contributed by atoms with Crippen molar-refractivity contribution in [3.63, 3.8) is 0 Å². The quantitative estimate of drug-likeness (QED) is 0.675. The van der Waals surface area contributed by atoms with Gasteiger partial charge in [-0.2, -0.15) is 0 Å². The normalized spacial score (nSPS) is 10.2. The van der Waals surface area contributed by atoms with Crippen LogP contribution in [0.3, 0.4) is 0 Å². The van der Waals surface area contributed by atoms with Crippen molar-refractivity contribution in [1.82, 2.24) is 0 Å². The summed E-state index contributed by atoms with van der Waals surface area (Å²) in [6.45, 7) is 0.306. The third-order valence-corrected chi connectivity index (χ3v) is 3.19. The fourth-order valence-electron chi connectivity index (χ4n) is 2.14. The summed E-state index contributed by atoms with van der Waals surface area (Å²) in [6, 6.07) is 10.0. The van der Waals surface area contributed by atoms with E-state index in [9.17, 15) is 10.1 Å². The molecule has 110 valence electrons. The highest BCUT2D eigenvalue weighted by molar-refractivity contribution is 5.70. The van der Waals surface area contributed by atoms with Crippen LogP contribution in [0.4, 0.5) is 5.69 Å². The number of hydrogen-bond donors (Lipinski definition) is 1. The fraction of sp³-hybridized carbons (Fsp3) is 0.200. The third kappa shape index (κ3) is 2.95. The van der Waals surface area contributed by atoms with Gasteiger partial charge >= 0.3 is 0 Å². The summed E-state index contributed by atoms with van der Waals surface area (Å²) in [7, 11) is 3.11. The topological polar surface area (TPSA) is 87.6 Å². The Kier molecular flexibility index (Phi) is 4.39. The second-order valence-corrected chi connectivity index (χ2v) is 4.38. The summed E-state index contributed by atoms with van der Waals surface area (Å²) in [4.78, 5) is 10.3. The third-order valence-electron chi connectivity index (χ3n) is 3.19. The van der Waals surface area contributed by atoms with E-state index in [1.54, 1.807) is 26.4 Å². The Labute approximate surface area is 122 Å². The second-order valence-electron chi connectivity index (χ2n) is 4.38. The van der Waals surface area contributed by atoms with Crippen LogP contribution >= 0.6 is 0 Å². The van der Waals surface area contributed by atoms with Crippen molar-refractivity contribution in [2.45, 2.75) is 6.54 Å². The number of hydrogen-bond acceptors (Lipinski definition) is 5. The fourth-order valence-corrected chi connectivity index (χ4v) is 2.14. The van der Waals surface area contributed by atoms with Crippen LogP contribution in [0.2, 0.25) is 0 Å². The van der Waals surface area contributed by atoms with E-state index in [4.69, 9.17) is 15.2 Å². The maximum Gasteiger partial charge on any atom is 0.269 e. The number of nitro groups is 1. The zero-order valence-corrected chi connectivity index (χ0v) is 11.8. The number of ether oxygens (including phenoxy) is 2. The van der Waals surface area contributed by atoms with Crippen LogP contribution in [-0.2, 0) is 6.54 Å². The van der Waals surface area contributed by atoms with Crippen LogP contribution < -0.4 is 15.2 Å². The van der Waals surface area contributed by atoms with Crippen molar-refractivity contribution < 1.29 is 14.4 Å². The number of rotatable bonds is 5. The SMILES string of the molecule is COc1cc(-c2ccc([N+](=O)[O-])cc2)cc(CN)c1OC. The Bertz CT molecular complexity index is 628. The summed E-state index contributed by atoms with van der Waals surface area (Å²) in [5.41, 5.74) is 8.31. The lowest BCUT2D eigenvalue weighted by atomic mass is 10.0. The molecule has 2 aromatic carbocycles. The van der Waals surface area contributed by atoms with Gasteiger partial charge in [0.2, 0.25) is 0 Å². The predicted molar refractivity (Wildman–Crippen MR) is 79.5 cm³/mol. The molecule has 0 radical (unpaired) electrons. The summed E-state index contributed by atoms with van der Waals surface area (Å²) < 4.78 is 10.6. The number of non-ortho nitro benzene ring substituents is 1. The molecule has 0 saturated carbocycles. The number of methoxy groups -OCH3 is 2. The first-order valence-corrected chi connectivity index (χ1v) is 6.30. The molecule has 6 nitrogen and oxygen atoms in total. The lowest BCUT2D eigenvalue weighted by Gasteiger charge is -2.14. The molecule has 0 aliphatic rings. The van der Waals surface area contributed by atoms with Gasteiger partial charge in [-0.3, -0.25) is 10.1 Å². The van der Waals surface area contributed by atoms with Crippen LogP contribution in [0.1, 0.15) is 5.56 Å². The number of benzene rings is 2. The van der Waals surface area contributed by atoms with Gasteiger partial charge < -0.3 is 15.2 Å². The molecular weight excluding hydrogens is 272 g/mol. The molecule has 0 aromatic heterocycles. The molecular formula is C15H16N2O4. The Hall–Kier alpha value is -2.60. The molecule has 2 N–H and O–H groups in total. The van der Waals surface area contributed by atoms with Gasteiger partial charge in [0, 0.05) is 24.2 Å². The van der Waals surface area contributed by atoms with E-state index in [-0.39, 0.29) is 5.69 Å². The Balaban J connectivity index is 2.50.